The smallest absolute Gasteiger partial charge is 0.322 e. The molecule has 1 N–H and O–H groups in total. The van der Waals surface area contributed by atoms with Gasteiger partial charge in [0.05, 0.1) is 31.8 Å². The quantitative estimate of drug-likeness (QED) is 0.505. The summed E-state index contributed by atoms with van der Waals surface area (Å²) in [6, 6.07) is 9.39. The Balaban J connectivity index is 1.78. The maximum atomic E-state index is 12.3. The third-order valence-electron chi connectivity index (χ3n) is 4.29. The highest BCUT2D eigenvalue weighted by Gasteiger charge is 2.19. The normalized spacial score (nSPS) is 11.4. The van der Waals surface area contributed by atoms with Crippen LogP contribution < -0.4 is 19.5 Å². The molecule has 0 spiro atoms. The van der Waals surface area contributed by atoms with Crippen molar-refractivity contribution in [2.24, 2.45) is 0 Å². The molecular formula is C21H21N3O7S. The first kappa shape index (κ1) is 22.8. The molecule has 0 radical (unpaired) electrons. The lowest BCUT2D eigenvalue weighted by Crippen LogP contribution is -2.07. The third-order valence-corrected chi connectivity index (χ3v) is 5.44. The molecule has 1 aromatic heterocycles. The lowest BCUT2D eigenvalue weighted by molar-refractivity contribution is -0.112. The van der Waals surface area contributed by atoms with Gasteiger partial charge in [-0.05, 0) is 35.9 Å². The van der Waals surface area contributed by atoms with Gasteiger partial charge < -0.3 is 18.6 Å². The van der Waals surface area contributed by atoms with Gasteiger partial charge in [-0.3, -0.25) is 10.1 Å². The van der Waals surface area contributed by atoms with E-state index in [0.29, 0.717) is 22.8 Å². The number of nitrogens with zero attached hydrogens (tertiary/aromatic N) is 2. The maximum absolute atomic E-state index is 12.3. The van der Waals surface area contributed by atoms with E-state index in [1.165, 1.54) is 39.5 Å². The Kier molecular flexibility index (Phi) is 6.79. The van der Waals surface area contributed by atoms with Crippen molar-refractivity contribution < 1.29 is 31.8 Å². The van der Waals surface area contributed by atoms with Gasteiger partial charge >= 0.3 is 6.01 Å². The van der Waals surface area contributed by atoms with Gasteiger partial charge in [-0.25, -0.2) is 8.42 Å². The molecule has 3 rings (SSSR count). The van der Waals surface area contributed by atoms with Gasteiger partial charge in [0.2, 0.25) is 5.75 Å². The standard InChI is InChI=1S/C21H21N3O7S/c1-28-15-11-13(12-16(29-2)19(15)30-3)9-10-18(25)22-21-24-23-20(31-21)14-7-5-6-8-17(14)32(4,26)27/h5-12H,1-4H3,(H,22,24,25). The SMILES string of the molecule is COc1cc(C=CC(=O)Nc2nnc(-c3ccccc3S(C)(=O)=O)o2)cc(OC)c1OC. The molecule has 0 aliphatic heterocycles. The zero-order valence-electron chi connectivity index (χ0n) is 17.8. The van der Waals surface area contributed by atoms with Gasteiger partial charge in [-0.1, -0.05) is 17.2 Å². The molecule has 0 atom stereocenters. The number of methoxy groups -OCH3 is 3. The van der Waals surface area contributed by atoms with Gasteiger partial charge in [0.15, 0.2) is 21.3 Å². The van der Waals surface area contributed by atoms with E-state index in [2.05, 4.69) is 15.5 Å². The minimum Gasteiger partial charge on any atom is -0.493 e. The van der Waals surface area contributed by atoms with E-state index in [-0.39, 0.29) is 22.4 Å². The second kappa shape index (κ2) is 9.52. The largest absolute Gasteiger partial charge is 0.493 e. The van der Waals surface area contributed by atoms with Crippen molar-refractivity contribution in [1.82, 2.24) is 10.2 Å². The number of sulfone groups is 1. The number of amides is 1. The predicted molar refractivity (Wildman–Crippen MR) is 117 cm³/mol. The fourth-order valence-electron chi connectivity index (χ4n) is 2.87. The molecule has 1 heterocycles. The number of aromatic nitrogens is 2. The molecular weight excluding hydrogens is 438 g/mol. The van der Waals surface area contributed by atoms with Crippen molar-refractivity contribution in [3.8, 4) is 28.7 Å². The van der Waals surface area contributed by atoms with E-state index in [1.54, 1.807) is 30.3 Å². The number of rotatable bonds is 8. The molecule has 3 aromatic rings. The molecule has 168 valence electrons. The van der Waals surface area contributed by atoms with Gasteiger partial charge in [0.1, 0.15) is 0 Å². The van der Waals surface area contributed by atoms with Crippen molar-refractivity contribution >= 4 is 27.8 Å². The molecule has 0 aliphatic carbocycles. The number of hydrogen-bond donors (Lipinski definition) is 1. The lowest BCUT2D eigenvalue weighted by Gasteiger charge is -2.12. The van der Waals surface area contributed by atoms with Crippen molar-refractivity contribution in [2.75, 3.05) is 32.9 Å². The van der Waals surface area contributed by atoms with Crippen molar-refractivity contribution in [3.63, 3.8) is 0 Å². The topological polar surface area (TPSA) is 130 Å². The minimum atomic E-state index is -3.51. The summed E-state index contributed by atoms with van der Waals surface area (Å²) in [6.45, 7) is 0. The number of anilines is 1. The van der Waals surface area contributed by atoms with Crippen LogP contribution in [0.1, 0.15) is 5.56 Å². The molecule has 1 amide bonds. The highest BCUT2D eigenvalue weighted by Crippen LogP contribution is 2.38. The summed E-state index contributed by atoms with van der Waals surface area (Å²) >= 11 is 0. The fourth-order valence-corrected chi connectivity index (χ4v) is 3.75. The molecule has 0 unspecified atom stereocenters. The van der Waals surface area contributed by atoms with Gasteiger partial charge in [-0.15, -0.1) is 5.10 Å². The zero-order chi connectivity index (χ0) is 23.3. The summed E-state index contributed by atoms with van der Waals surface area (Å²) in [6.07, 6.45) is 3.88. The van der Waals surface area contributed by atoms with E-state index < -0.39 is 15.7 Å². The highest BCUT2D eigenvalue weighted by molar-refractivity contribution is 7.90. The Hall–Kier alpha value is -3.86. The summed E-state index contributed by atoms with van der Waals surface area (Å²) in [5.41, 5.74) is 0.874. The van der Waals surface area contributed by atoms with Crippen LogP contribution in [0.2, 0.25) is 0 Å². The van der Waals surface area contributed by atoms with E-state index in [0.717, 1.165) is 6.26 Å². The molecule has 0 bridgehead atoms. The number of carbonyl (C=O) groups excluding carboxylic acids is 1. The van der Waals surface area contributed by atoms with Crippen LogP contribution in [-0.2, 0) is 14.6 Å². The van der Waals surface area contributed by atoms with E-state index in [4.69, 9.17) is 18.6 Å². The highest BCUT2D eigenvalue weighted by atomic mass is 32.2. The average Bonchev–Trinajstić information content (AvgIpc) is 3.24. The second-order valence-corrected chi connectivity index (χ2v) is 8.45. The van der Waals surface area contributed by atoms with E-state index in [9.17, 15) is 13.2 Å². The fraction of sp³-hybridized carbons (Fsp3) is 0.190. The maximum Gasteiger partial charge on any atom is 0.322 e. The van der Waals surface area contributed by atoms with Crippen LogP contribution >= 0.6 is 0 Å². The van der Waals surface area contributed by atoms with Crippen LogP contribution in [0.4, 0.5) is 6.01 Å². The summed E-state index contributed by atoms with van der Waals surface area (Å²) in [5, 5.41) is 10.0. The molecule has 11 heteroatoms. The van der Waals surface area contributed by atoms with E-state index >= 15 is 0 Å². The average molecular weight is 459 g/mol. The Bertz CT molecular complexity index is 1240. The number of nitrogens with one attached hydrogen (secondary N) is 1. The molecule has 2 aromatic carbocycles. The molecule has 0 fully saturated rings. The Labute approximate surface area is 184 Å². The Morgan fingerprint density at radius 1 is 1.03 bits per heavy atom. The van der Waals surface area contributed by atoms with Gasteiger partial charge in [0.25, 0.3) is 11.8 Å². The first-order chi connectivity index (χ1) is 15.3. The van der Waals surface area contributed by atoms with E-state index in [1.807, 2.05) is 0 Å². The first-order valence-corrected chi connectivity index (χ1v) is 11.1. The van der Waals surface area contributed by atoms with Crippen molar-refractivity contribution in [1.29, 1.82) is 0 Å². The zero-order valence-corrected chi connectivity index (χ0v) is 18.6. The molecule has 0 saturated carbocycles. The summed E-state index contributed by atoms with van der Waals surface area (Å²) in [7, 11) is 0.975. The van der Waals surface area contributed by atoms with Gasteiger partial charge in [0, 0.05) is 12.3 Å². The monoisotopic (exact) mass is 459 g/mol. The Morgan fingerprint density at radius 3 is 2.28 bits per heavy atom. The van der Waals surface area contributed by atoms with Crippen LogP contribution in [0.3, 0.4) is 0 Å². The summed E-state index contributed by atoms with van der Waals surface area (Å²) < 4.78 is 45.2. The van der Waals surface area contributed by atoms with Crippen LogP contribution in [-0.4, -0.2) is 52.1 Å². The molecule has 0 aliphatic rings. The minimum absolute atomic E-state index is 0.0325. The first-order valence-electron chi connectivity index (χ1n) is 9.19. The predicted octanol–water partition coefficient (Wildman–Crippen LogP) is 2.82. The van der Waals surface area contributed by atoms with Crippen molar-refractivity contribution in [3.05, 3.63) is 48.0 Å². The third kappa shape index (κ3) is 5.06. The number of carbonyl (C=O) groups is 1. The summed E-state index contributed by atoms with van der Waals surface area (Å²) in [5.74, 6) is 0.751. The second-order valence-electron chi connectivity index (χ2n) is 6.46. The number of benzene rings is 2. The number of hydrogen-bond acceptors (Lipinski definition) is 9. The van der Waals surface area contributed by atoms with Crippen LogP contribution in [0, 0.1) is 0 Å². The lowest BCUT2D eigenvalue weighted by atomic mass is 10.1. The van der Waals surface area contributed by atoms with Gasteiger partial charge in [-0.2, -0.15) is 0 Å². The number of ether oxygens (including phenoxy) is 3. The molecule has 32 heavy (non-hydrogen) atoms. The molecule has 10 nitrogen and oxygen atoms in total. The van der Waals surface area contributed by atoms with Crippen LogP contribution in [0.25, 0.3) is 17.5 Å². The van der Waals surface area contributed by atoms with Crippen LogP contribution in [0.15, 0.2) is 51.8 Å². The Morgan fingerprint density at radius 2 is 1.69 bits per heavy atom. The molecule has 0 saturated heterocycles. The summed E-state index contributed by atoms with van der Waals surface area (Å²) in [4.78, 5) is 12.3. The van der Waals surface area contributed by atoms with Crippen LogP contribution in [0.5, 0.6) is 17.2 Å². The van der Waals surface area contributed by atoms with Crippen molar-refractivity contribution in [2.45, 2.75) is 4.90 Å².